The molecule has 7 nitrogen and oxygen atoms in total. The summed E-state index contributed by atoms with van der Waals surface area (Å²) in [5.74, 6) is 1.54. The molecule has 3 aromatic heterocycles. The predicted molar refractivity (Wildman–Crippen MR) is 111 cm³/mol. The molecule has 0 spiro atoms. The quantitative estimate of drug-likeness (QED) is 0.719. The lowest BCUT2D eigenvalue weighted by Crippen LogP contribution is -2.33. The number of nitrogens with one attached hydrogen (secondary N) is 1. The van der Waals surface area contributed by atoms with Crippen LogP contribution >= 0.6 is 0 Å². The summed E-state index contributed by atoms with van der Waals surface area (Å²) in [5.41, 5.74) is 2.89. The summed E-state index contributed by atoms with van der Waals surface area (Å²) in [5, 5.41) is 8.21. The summed E-state index contributed by atoms with van der Waals surface area (Å²) in [6, 6.07) is 9.82. The van der Waals surface area contributed by atoms with Gasteiger partial charge in [0.05, 0.1) is 11.7 Å². The van der Waals surface area contributed by atoms with E-state index in [1.807, 2.05) is 12.1 Å². The molecule has 148 valence electrons. The number of rotatable bonds is 5. The second kappa shape index (κ2) is 7.73. The molecule has 0 aromatic carbocycles. The Morgan fingerprint density at radius 3 is 2.48 bits per heavy atom. The van der Waals surface area contributed by atoms with Gasteiger partial charge in [0.2, 0.25) is 0 Å². The first-order chi connectivity index (χ1) is 14.3. The highest BCUT2D eigenvalue weighted by atomic mass is 16.1. The SMILES string of the molecule is O=c1ccc(-c2ccncc2)nn1C1CCC(Nc2cc(C3CC3)ncn2)CC1. The van der Waals surface area contributed by atoms with Gasteiger partial charge in [-0.3, -0.25) is 9.78 Å². The molecule has 2 fully saturated rings. The van der Waals surface area contributed by atoms with Gasteiger partial charge in [0.25, 0.3) is 5.56 Å². The van der Waals surface area contributed by atoms with E-state index in [2.05, 4.69) is 31.4 Å². The number of hydrogen-bond donors (Lipinski definition) is 1. The molecule has 3 heterocycles. The number of anilines is 1. The van der Waals surface area contributed by atoms with Crippen LogP contribution in [0.25, 0.3) is 11.3 Å². The Balaban J connectivity index is 1.26. The lowest BCUT2D eigenvalue weighted by molar-refractivity contribution is 0.304. The van der Waals surface area contributed by atoms with Gasteiger partial charge in [-0.05, 0) is 56.7 Å². The highest BCUT2D eigenvalue weighted by molar-refractivity contribution is 5.57. The van der Waals surface area contributed by atoms with Crippen molar-refractivity contribution in [2.24, 2.45) is 0 Å². The molecule has 5 rings (SSSR count). The van der Waals surface area contributed by atoms with Gasteiger partial charge in [0.15, 0.2) is 0 Å². The average molecular weight is 388 g/mol. The van der Waals surface area contributed by atoms with Crippen molar-refractivity contribution in [2.75, 3.05) is 5.32 Å². The van der Waals surface area contributed by atoms with Crippen molar-refractivity contribution in [3.05, 3.63) is 65.1 Å². The van der Waals surface area contributed by atoms with Crippen molar-refractivity contribution in [1.29, 1.82) is 0 Å². The van der Waals surface area contributed by atoms with E-state index in [0.29, 0.717) is 12.0 Å². The fourth-order valence-electron chi connectivity index (χ4n) is 4.09. The Bertz CT molecular complexity index is 1040. The maximum absolute atomic E-state index is 12.4. The average Bonchev–Trinajstić information content (AvgIpc) is 3.61. The van der Waals surface area contributed by atoms with E-state index in [0.717, 1.165) is 48.5 Å². The third-order valence-electron chi connectivity index (χ3n) is 5.88. The molecule has 7 heteroatoms. The van der Waals surface area contributed by atoms with Crippen LogP contribution < -0.4 is 10.9 Å². The summed E-state index contributed by atoms with van der Waals surface area (Å²) in [7, 11) is 0. The highest BCUT2D eigenvalue weighted by Gasteiger charge is 2.27. The minimum Gasteiger partial charge on any atom is -0.367 e. The molecule has 0 radical (unpaired) electrons. The summed E-state index contributed by atoms with van der Waals surface area (Å²) in [6.45, 7) is 0. The number of pyridine rings is 1. The van der Waals surface area contributed by atoms with Crippen LogP contribution in [0.15, 0.2) is 53.8 Å². The number of nitrogens with zero attached hydrogens (tertiary/aromatic N) is 5. The van der Waals surface area contributed by atoms with Crippen LogP contribution in [0, 0.1) is 0 Å². The Labute approximate surface area is 169 Å². The molecule has 3 aromatic rings. The molecular formula is C22H24N6O. The van der Waals surface area contributed by atoms with E-state index in [-0.39, 0.29) is 11.6 Å². The smallest absolute Gasteiger partial charge is 0.267 e. The van der Waals surface area contributed by atoms with Crippen LogP contribution in [0.3, 0.4) is 0 Å². The molecule has 0 unspecified atom stereocenters. The fourth-order valence-corrected chi connectivity index (χ4v) is 4.09. The molecule has 2 aliphatic carbocycles. The largest absolute Gasteiger partial charge is 0.367 e. The zero-order valence-electron chi connectivity index (χ0n) is 16.2. The molecule has 0 aliphatic heterocycles. The van der Waals surface area contributed by atoms with Gasteiger partial charge >= 0.3 is 0 Å². The maximum Gasteiger partial charge on any atom is 0.267 e. The molecule has 0 saturated heterocycles. The van der Waals surface area contributed by atoms with Gasteiger partial charge in [-0.1, -0.05) is 0 Å². The molecular weight excluding hydrogens is 364 g/mol. The van der Waals surface area contributed by atoms with Crippen molar-refractivity contribution in [3.63, 3.8) is 0 Å². The van der Waals surface area contributed by atoms with Crippen molar-refractivity contribution >= 4 is 5.82 Å². The number of aromatic nitrogens is 5. The maximum atomic E-state index is 12.4. The summed E-state index contributed by atoms with van der Waals surface area (Å²) >= 11 is 0. The van der Waals surface area contributed by atoms with Crippen molar-refractivity contribution in [1.82, 2.24) is 24.7 Å². The van der Waals surface area contributed by atoms with Crippen LogP contribution in [0.4, 0.5) is 5.82 Å². The second-order valence-electron chi connectivity index (χ2n) is 7.99. The lowest BCUT2D eigenvalue weighted by Gasteiger charge is -2.30. The summed E-state index contributed by atoms with van der Waals surface area (Å²) in [4.78, 5) is 25.3. The van der Waals surface area contributed by atoms with E-state index >= 15 is 0 Å². The molecule has 2 aliphatic rings. The molecule has 2 saturated carbocycles. The van der Waals surface area contributed by atoms with Gasteiger partial charge < -0.3 is 5.32 Å². The van der Waals surface area contributed by atoms with Crippen LogP contribution in [0.5, 0.6) is 0 Å². The van der Waals surface area contributed by atoms with Crippen LogP contribution in [0.1, 0.15) is 56.2 Å². The minimum atomic E-state index is -0.0379. The Hall–Kier alpha value is -3.09. The third kappa shape index (κ3) is 4.04. The van der Waals surface area contributed by atoms with Crippen LogP contribution in [-0.2, 0) is 0 Å². The summed E-state index contributed by atoms with van der Waals surface area (Å²) in [6.07, 6.45) is 11.4. The Morgan fingerprint density at radius 1 is 0.931 bits per heavy atom. The monoisotopic (exact) mass is 388 g/mol. The van der Waals surface area contributed by atoms with E-state index in [1.54, 1.807) is 35.5 Å². The zero-order chi connectivity index (χ0) is 19.6. The van der Waals surface area contributed by atoms with Gasteiger partial charge in [0.1, 0.15) is 12.1 Å². The van der Waals surface area contributed by atoms with E-state index in [4.69, 9.17) is 0 Å². The first-order valence-corrected chi connectivity index (χ1v) is 10.3. The topological polar surface area (TPSA) is 85.6 Å². The first kappa shape index (κ1) is 18.0. The number of hydrogen-bond acceptors (Lipinski definition) is 6. The Kier molecular flexibility index (Phi) is 4.79. The fraction of sp³-hybridized carbons (Fsp3) is 0.409. The first-order valence-electron chi connectivity index (χ1n) is 10.3. The second-order valence-corrected chi connectivity index (χ2v) is 7.99. The molecule has 1 N–H and O–H groups in total. The van der Waals surface area contributed by atoms with Crippen molar-refractivity contribution in [3.8, 4) is 11.3 Å². The molecule has 29 heavy (non-hydrogen) atoms. The highest BCUT2D eigenvalue weighted by Crippen LogP contribution is 2.39. The van der Waals surface area contributed by atoms with Crippen LogP contribution in [0.2, 0.25) is 0 Å². The van der Waals surface area contributed by atoms with Gasteiger partial charge in [-0.2, -0.15) is 5.10 Å². The van der Waals surface area contributed by atoms with Crippen LogP contribution in [-0.4, -0.2) is 30.8 Å². The van der Waals surface area contributed by atoms with E-state index < -0.39 is 0 Å². The van der Waals surface area contributed by atoms with E-state index in [1.165, 1.54) is 12.8 Å². The summed E-state index contributed by atoms with van der Waals surface area (Å²) < 4.78 is 1.67. The van der Waals surface area contributed by atoms with Gasteiger partial charge in [-0.25, -0.2) is 14.6 Å². The molecule has 0 bridgehead atoms. The van der Waals surface area contributed by atoms with Crippen molar-refractivity contribution in [2.45, 2.75) is 56.5 Å². The van der Waals surface area contributed by atoms with Crippen molar-refractivity contribution < 1.29 is 0 Å². The minimum absolute atomic E-state index is 0.0379. The normalized spacial score (nSPS) is 21.7. The van der Waals surface area contributed by atoms with Gasteiger partial charge in [-0.15, -0.1) is 0 Å². The molecule has 0 amide bonds. The zero-order valence-corrected chi connectivity index (χ0v) is 16.2. The van der Waals surface area contributed by atoms with E-state index in [9.17, 15) is 4.79 Å². The predicted octanol–water partition coefficient (Wildman–Crippen LogP) is 3.57. The van der Waals surface area contributed by atoms with Gasteiger partial charge in [0, 0.05) is 47.7 Å². The standard InChI is InChI=1S/C22H24N6O/c29-22-8-7-19(16-9-11-23-12-10-16)27-28(22)18-5-3-17(4-6-18)26-21-13-20(15-1-2-15)24-14-25-21/h7-15,17-18H,1-6H2,(H,24,25,26). The third-order valence-corrected chi connectivity index (χ3v) is 5.88. The Morgan fingerprint density at radius 2 is 1.72 bits per heavy atom. The molecule has 0 atom stereocenters. The lowest BCUT2D eigenvalue weighted by atomic mass is 9.91.